The summed E-state index contributed by atoms with van der Waals surface area (Å²) in [4.78, 5) is 14.5. The van der Waals surface area contributed by atoms with E-state index in [4.69, 9.17) is 9.84 Å². The summed E-state index contributed by atoms with van der Waals surface area (Å²) in [5.41, 5.74) is 4.97. The molecule has 0 spiro atoms. The summed E-state index contributed by atoms with van der Waals surface area (Å²) in [7, 11) is 0. The van der Waals surface area contributed by atoms with Crippen molar-refractivity contribution < 1.29 is 14.6 Å². The number of likely N-dealkylation sites (tertiary alicyclic amines) is 1. The number of carbonyl (C=O) groups excluding carboxylic acids is 1. The van der Waals surface area contributed by atoms with Crippen LogP contribution in [0.2, 0.25) is 0 Å². The molecule has 27 heavy (non-hydrogen) atoms. The van der Waals surface area contributed by atoms with Crippen LogP contribution >= 0.6 is 0 Å². The Bertz CT molecular complexity index is 758. The highest BCUT2D eigenvalue weighted by Gasteiger charge is 2.30. The maximum absolute atomic E-state index is 12.7. The second-order valence-electron chi connectivity index (χ2n) is 7.60. The number of aliphatic hydroxyl groups is 1. The highest BCUT2D eigenvalue weighted by molar-refractivity contribution is 5.79. The molecule has 4 nitrogen and oxygen atoms in total. The molecule has 0 saturated carbocycles. The lowest BCUT2D eigenvalue weighted by Gasteiger charge is -2.22. The van der Waals surface area contributed by atoms with Crippen LogP contribution in [-0.2, 0) is 4.74 Å². The van der Waals surface area contributed by atoms with Crippen LogP contribution in [0.5, 0.6) is 0 Å². The van der Waals surface area contributed by atoms with Crippen molar-refractivity contribution in [2.24, 2.45) is 5.92 Å². The standard InChI is InChI=1S/C23H27NO3/c25-15-12-17-6-5-13-24(14-11-17)23(26)27-16-22-20-9-3-1-7-18(20)19-8-2-4-10-21(19)22/h1-4,7-10,17,22,25H,5-6,11-16H2. The molecule has 1 unspecified atom stereocenters. The SMILES string of the molecule is O=C(OCC1c2ccccc2-c2ccccc21)N1CCCC(CCO)CC1. The van der Waals surface area contributed by atoms with E-state index in [0.29, 0.717) is 12.5 Å². The lowest BCUT2D eigenvalue weighted by Crippen LogP contribution is -2.33. The van der Waals surface area contributed by atoms with Gasteiger partial charge >= 0.3 is 6.09 Å². The van der Waals surface area contributed by atoms with Crippen LogP contribution in [0.15, 0.2) is 48.5 Å². The number of aliphatic hydroxyl groups excluding tert-OH is 1. The summed E-state index contributed by atoms with van der Waals surface area (Å²) in [6.45, 7) is 2.08. The maximum atomic E-state index is 12.7. The van der Waals surface area contributed by atoms with E-state index in [9.17, 15) is 4.79 Å². The van der Waals surface area contributed by atoms with Crippen LogP contribution in [0, 0.1) is 5.92 Å². The number of ether oxygens (including phenoxy) is 1. The van der Waals surface area contributed by atoms with Gasteiger partial charge in [0.1, 0.15) is 6.61 Å². The minimum Gasteiger partial charge on any atom is -0.448 e. The first-order valence-corrected chi connectivity index (χ1v) is 9.98. The molecule has 0 radical (unpaired) electrons. The van der Waals surface area contributed by atoms with E-state index in [1.54, 1.807) is 0 Å². The zero-order valence-corrected chi connectivity index (χ0v) is 15.6. The van der Waals surface area contributed by atoms with Crippen LogP contribution in [0.25, 0.3) is 11.1 Å². The Balaban J connectivity index is 1.42. The van der Waals surface area contributed by atoms with Crippen molar-refractivity contribution in [1.29, 1.82) is 0 Å². The lowest BCUT2D eigenvalue weighted by atomic mass is 9.98. The fraction of sp³-hybridized carbons (Fsp3) is 0.435. The molecule has 4 heteroatoms. The van der Waals surface area contributed by atoms with E-state index in [2.05, 4.69) is 48.5 Å². The fourth-order valence-corrected chi connectivity index (χ4v) is 4.50. The van der Waals surface area contributed by atoms with Gasteiger partial charge in [0, 0.05) is 25.6 Å². The molecule has 1 fully saturated rings. The Kier molecular flexibility index (Phi) is 5.44. The summed E-state index contributed by atoms with van der Waals surface area (Å²) >= 11 is 0. The Labute approximate surface area is 160 Å². The molecule has 4 rings (SSSR count). The molecule has 2 aliphatic rings. The van der Waals surface area contributed by atoms with Gasteiger partial charge in [0.25, 0.3) is 0 Å². The van der Waals surface area contributed by atoms with Crippen molar-refractivity contribution >= 4 is 6.09 Å². The number of benzene rings is 2. The Morgan fingerprint density at radius 2 is 1.67 bits per heavy atom. The van der Waals surface area contributed by atoms with Gasteiger partial charge in [0.05, 0.1) is 0 Å². The van der Waals surface area contributed by atoms with Crippen molar-refractivity contribution in [3.63, 3.8) is 0 Å². The summed E-state index contributed by atoms with van der Waals surface area (Å²) < 4.78 is 5.77. The molecule has 1 saturated heterocycles. The van der Waals surface area contributed by atoms with E-state index in [-0.39, 0.29) is 18.6 Å². The van der Waals surface area contributed by atoms with Crippen molar-refractivity contribution in [3.8, 4) is 11.1 Å². The predicted molar refractivity (Wildman–Crippen MR) is 106 cm³/mol. The molecule has 1 atom stereocenters. The van der Waals surface area contributed by atoms with Gasteiger partial charge in [0.2, 0.25) is 0 Å². The van der Waals surface area contributed by atoms with Crippen LogP contribution in [0.3, 0.4) is 0 Å². The summed E-state index contributed by atoms with van der Waals surface area (Å²) in [5.74, 6) is 0.622. The van der Waals surface area contributed by atoms with Gasteiger partial charge in [-0.15, -0.1) is 0 Å². The summed E-state index contributed by atoms with van der Waals surface area (Å²) in [5, 5.41) is 9.15. The number of nitrogens with zero attached hydrogens (tertiary/aromatic N) is 1. The molecule has 1 heterocycles. The third-order valence-corrected chi connectivity index (χ3v) is 5.98. The monoisotopic (exact) mass is 365 g/mol. The van der Waals surface area contributed by atoms with E-state index >= 15 is 0 Å². The van der Waals surface area contributed by atoms with E-state index in [1.807, 2.05) is 4.90 Å². The molecule has 0 bridgehead atoms. The van der Waals surface area contributed by atoms with Crippen molar-refractivity contribution in [1.82, 2.24) is 4.90 Å². The normalized spacial score (nSPS) is 19.3. The highest BCUT2D eigenvalue weighted by Crippen LogP contribution is 2.44. The van der Waals surface area contributed by atoms with Gasteiger partial charge in [-0.25, -0.2) is 4.79 Å². The number of rotatable bonds is 4. The first-order valence-electron chi connectivity index (χ1n) is 9.98. The Hall–Kier alpha value is -2.33. The van der Waals surface area contributed by atoms with Gasteiger partial charge in [0.15, 0.2) is 0 Å². The molecule has 0 aromatic heterocycles. The second kappa shape index (κ2) is 8.13. The second-order valence-corrected chi connectivity index (χ2v) is 7.60. The van der Waals surface area contributed by atoms with E-state index in [0.717, 1.165) is 38.8 Å². The molecular weight excluding hydrogens is 338 g/mol. The van der Waals surface area contributed by atoms with Crippen LogP contribution < -0.4 is 0 Å². The molecule has 1 amide bonds. The number of hydrogen-bond donors (Lipinski definition) is 1. The van der Waals surface area contributed by atoms with E-state index < -0.39 is 0 Å². The quantitative estimate of drug-likeness (QED) is 0.872. The average molecular weight is 365 g/mol. The van der Waals surface area contributed by atoms with Crippen LogP contribution in [0.1, 0.15) is 42.7 Å². The third-order valence-electron chi connectivity index (χ3n) is 5.98. The summed E-state index contributed by atoms with van der Waals surface area (Å²) in [6.07, 6.45) is 3.63. The van der Waals surface area contributed by atoms with Crippen molar-refractivity contribution in [2.75, 3.05) is 26.3 Å². The Morgan fingerprint density at radius 3 is 2.33 bits per heavy atom. The molecule has 2 aromatic rings. The predicted octanol–water partition coefficient (Wildman–Crippen LogP) is 4.42. The lowest BCUT2D eigenvalue weighted by molar-refractivity contribution is 0.100. The topological polar surface area (TPSA) is 49.8 Å². The van der Waals surface area contributed by atoms with Gasteiger partial charge in [-0.1, -0.05) is 48.5 Å². The Morgan fingerprint density at radius 1 is 1.00 bits per heavy atom. The number of fused-ring (bicyclic) bond motifs is 3. The number of amides is 1. The minimum atomic E-state index is -0.207. The first kappa shape index (κ1) is 18.1. The van der Waals surface area contributed by atoms with Crippen molar-refractivity contribution in [3.05, 3.63) is 59.7 Å². The number of carbonyl (C=O) groups is 1. The highest BCUT2D eigenvalue weighted by atomic mass is 16.6. The molecule has 1 aliphatic carbocycles. The zero-order valence-electron chi connectivity index (χ0n) is 15.6. The van der Waals surface area contributed by atoms with Crippen LogP contribution in [-0.4, -0.2) is 42.4 Å². The third kappa shape index (κ3) is 3.72. The summed E-state index contributed by atoms with van der Waals surface area (Å²) in [6, 6.07) is 16.8. The smallest absolute Gasteiger partial charge is 0.409 e. The van der Waals surface area contributed by atoms with E-state index in [1.165, 1.54) is 22.3 Å². The fourth-order valence-electron chi connectivity index (χ4n) is 4.50. The van der Waals surface area contributed by atoms with Gasteiger partial charge < -0.3 is 14.7 Å². The van der Waals surface area contributed by atoms with Gasteiger partial charge in [-0.3, -0.25) is 0 Å². The largest absolute Gasteiger partial charge is 0.448 e. The minimum absolute atomic E-state index is 0.107. The molecular formula is C23H27NO3. The number of hydrogen-bond acceptors (Lipinski definition) is 3. The zero-order chi connectivity index (χ0) is 18.6. The maximum Gasteiger partial charge on any atom is 0.409 e. The molecule has 142 valence electrons. The average Bonchev–Trinajstić information content (AvgIpc) is 2.84. The molecule has 1 aliphatic heterocycles. The first-order chi connectivity index (χ1) is 13.3. The van der Waals surface area contributed by atoms with Gasteiger partial charge in [-0.2, -0.15) is 0 Å². The molecule has 1 N–H and O–H groups in total. The van der Waals surface area contributed by atoms with Crippen molar-refractivity contribution in [2.45, 2.75) is 31.6 Å². The van der Waals surface area contributed by atoms with Gasteiger partial charge in [-0.05, 0) is 53.9 Å². The van der Waals surface area contributed by atoms with Crippen LogP contribution in [0.4, 0.5) is 4.79 Å². The molecule has 2 aromatic carbocycles.